The van der Waals surface area contributed by atoms with Crippen molar-refractivity contribution >= 4 is 21.8 Å². The average molecular weight is 376 g/mol. The maximum atomic E-state index is 12.3. The largest absolute Gasteiger partial charge is 0.486 e. The third-order valence-corrected chi connectivity index (χ3v) is 5.19. The molecule has 0 aromatic heterocycles. The van der Waals surface area contributed by atoms with Crippen LogP contribution in [0.4, 0.5) is 0 Å². The number of benzene rings is 1. The number of carbonyl (C=O) groups is 1. The summed E-state index contributed by atoms with van der Waals surface area (Å²) in [5.74, 6) is 0.979. The Morgan fingerprint density at radius 2 is 2.08 bits per heavy atom. The number of fused-ring (bicyclic) bond motifs is 2. The Labute approximate surface area is 150 Å². The van der Waals surface area contributed by atoms with E-state index in [9.17, 15) is 13.2 Å². The number of para-hydroxylation sites is 2. The topological polar surface area (TPSA) is 94.5 Å². The Morgan fingerprint density at radius 3 is 2.92 bits per heavy atom. The van der Waals surface area contributed by atoms with Crippen LogP contribution < -0.4 is 9.47 Å². The molecule has 0 aliphatic carbocycles. The van der Waals surface area contributed by atoms with E-state index in [1.54, 1.807) is 17.2 Å². The molecule has 1 aromatic rings. The number of esters is 1. The third kappa shape index (κ3) is 3.43. The highest BCUT2D eigenvalue weighted by Crippen LogP contribution is 2.31. The Balaban J connectivity index is 1.37. The lowest BCUT2D eigenvalue weighted by Gasteiger charge is -2.27. The molecule has 3 heterocycles. The van der Waals surface area contributed by atoms with Crippen LogP contribution in [0.15, 0.2) is 52.6 Å². The number of ether oxygens (including phenoxy) is 3. The summed E-state index contributed by atoms with van der Waals surface area (Å²) in [4.78, 5) is 13.9. The summed E-state index contributed by atoms with van der Waals surface area (Å²) in [5, 5.41) is 0. The van der Waals surface area contributed by atoms with E-state index in [0.717, 1.165) is 0 Å². The van der Waals surface area contributed by atoms with Gasteiger partial charge in [-0.05, 0) is 24.3 Å². The van der Waals surface area contributed by atoms with E-state index in [1.165, 1.54) is 12.2 Å². The van der Waals surface area contributed by atoms with Crippen molar-refractivity contribution in [2.75, 3.05) is 25.5 Å². The number of sulfonamides is 1. The number of amidine groups is 1. The fraction of sp³-hybridized carbons (Fsp3) is 0.294. The SMILES string of the molecule is O=C(OCC1COc2ccccc2O1)C1=CN2CCS(=O)(=O)N=C2C=C1. The van der Waals surface area contributed by atoms with Gasteiger partial charge in [-0.3, -0.25) is 0 Å². The third-order valence-electron chi connectivity index (χ3n) is 4.03. The molecule has 0 saturated heterocycles. The second kappa shape index (κ2) is 6.49. The molecule has 0 fully saturated rings. The van der Waals surface area contributed by atoms with Crippen molar-refractivity contribution in [2.24, 2.45) is 4.40 Å². The van der Waals surface area contributed by atoms with Gasteiger partial charge in [-0.1, -0.05) is 12.1 Å². The maximum absolute atomic E-state index is 12.3. The van der Waals surface area contributed by atoms with E-state index >= 15 is 0 Å². The van der Waals surface area contributed by atoms with Crippen LogP contribution in [0.5, 0.6) is 11.5 Å². The molecule has 1 atom stereocenters. The molecular weight excluding hydrogens is 360 g/mol. The molecule has 0 spiro atoms. The first-order valence-corrected chi connectivity index (χ1v) is 9.66. The minimum Gasteiger partial charge on any atom is -0.486 e. The zero-order valence-corrected chi connectivity index (χ0v) is 14.5. The Bertz CT molecular complexity index is 934. The molecule has 4 rings (SSSR count). The molecule has 3 aliphatic heterocycles. The van der Waals surface area contributed by atoms with Crippen LogP contribution in [0.3, 0.4) is 0 Å². The van der Waals surface area contributed by atoms with E-state index in [4.69, 9.17) is 14.2 Å². The number of carbonyl (C=O) groups excluding carboxylic acids is 1. The fourth-order valence-corrected chi connectivity index (χ4v) is 3.69. The molecular formula is C17H16N2O6S. The molecule has 9 heteroatoms. The zero-order chi connectivity index (χ0) is 18.1. The van der Waals surface area contributed by atoms with Crippen molar-refractivity contribution in [1.82, 2.24) is 4.90 Å². The lowest BCUT2D eigenvalue weighted by atomic mass is 10.2. The number of hydrogen-bond donors (Lipinski definition) is 0. The highest BCUT2D eigenvalue weighted by molar-refractivity contribution is 7.90. The molecule has 8 nitrogen and oxygen atoms in total. The lowest BCUT2D eigenvalue weighted by molar-refractivity contribution is -0.142. The zero-order valence-electron chi connectivity index (χ0n) is 13.7. The van der Waals surface area contributed by atoms with Gasteiger partial charge in [0.15, 0.2) is 17.6 Å². The standard InChI is InChI=1S/C17H16N2O6S/c20-17(12-5-6-16-18-26(21,22)8-7-19(16)9-12)24-11-13-10-23-14-3-1-2-4-15(14)25-13/h1-6,9,13H,7-8,10-11H2. The van der Waals surface area contributed by atoms with E-state index < -0.39 is 16.0 Å². The molecule has 26 heavy (non-hydrogen) atoms. The van der Waals surface area contributed by atoms with Gasteiger partial charge in [0.1, 0.15) is 19.0 Å². The highest BCUT2D eigenvalue weighted by Gasteiger charge is 2.27. The summed E-state index contributed by atoms with van der Waals surface area (Å²) >= 11 is 0. The van der Waals surface area contributed by atoms with Gasteiger partial charge in [-0.25, -0.2) is 13.2 Å². The summed E-state index contributed by atoms with van der Waals surface area (Å²) in [5.41, 5.74) is 0.320. The van der Waals surface area contributed by atoms with Crippen LogP contribution in [0, 0.1) is 0 Å². The number of nitrogens with zero attached hydrogens (tertiary/aromatic N) is 2. The molecule has 0 amide bonds. The average Bonchev–Trinajstić information content (AvgIpc) is 2.65. The lowest BCUT2D eigenvalue weighted by Crippen LogP contribution is -2.37. The summed E-state index contributed by atoms with van der Waals surface area (Å²) < 4.78 is 43.3. The van der Waals surface area contributed by atoms with Crippen molar-refractivity contribution in [3.05, 3.63) is 48.2 Å². The van der Waals surface area contributed by atoms with E-state index in [0.29, 0.717) is 29.5 Å². The monoisotopic (exact) mass is 376 g/mol. The summed E-state index contributed by atoms with van der Waals surface area (Å²) in [6.07, 6.45) is 4.14. The van der Waals surface area contributed by atoms with Gasteiger partial charge >= 0.3 is 5.97 Å². The molecule has 0 N–H and O–H groups in total. The van der Waals surface area contributed by atoms with Gasteiger partial charge in [-0.15, -0.1) is 4.40 Å². The quantitative estimate of drug-likeness (QED) is 0.723. The summed E-state index contributed by atoms with van der Waals surface area (Å²) in [6.45, 7) is 0.590. The van der Waals surface area contributed by atoms with E-state index in [-0.39, 0.29) is 25.0 Å². The van der Waals surface area contributed by atoms with Gasteiger partial charge < -0.3 is 19.1 Å². The number of hydrogen-bond acceptors (Lipinski definition) is 7. The molecule has 0 bridgehead atoms. The summed E-state index contributed by atoms with van der Waals surface area (Å²) in [7, 11) is -3.42. The van der Waals surface area contributed by atoms with Crippen molar-refractivity contribution in [2.45, 2.75) is 6.10 Å². The Hall–Kier alpha value is -2.81. The molecule has 1 unspecified atom stereocenters. The number of rotatable bonds is 3. The maximum Gasteiger partial charge on any atom is 0.339 e. The molecule has 136 valence electrons. The first-order chi connectivity index (χ1) is 12.5. The highest BCUT2D eigenvalue weighted by atomic mass is 32.2. The van der Waals surface area contributed by atoms with Crippen LogP contribution in [-0.2, 0) is 19.6 Å². The van der Waals surface area contributed by atoms with Crippen molar-refractivity contribution in [1.29, 1.82) is 0 Å². The van der Waals surface area contributed by atoms with Gasteiger partial charge in [0.2, 0.25) is 0 Å². The minimum atomic E-state index is -3.42. The van der Waals surface area contributed by atoms with Crippen molar-refractivity contribution in [3.8, 4) is 11.5 Å². The molecule has 1 aromatic carbocycles. The van der Waals surface area contributed by atoms with Crippen LogP contribution in [0.2, 0.25) is 0 Å². The van der Waals surface area contributed by atoms with Gasteiger partial charge in [0.05, 0.1) is 11.3 Å². The fourth-order valence-electron chi connectivity index (χ4n) is 2.72. The van der Waals surface area contributed by atoms with Crippen LogP contribution in [0.25, 0.3) is 0 Å². The van der Waals surface area contributed by atoms with Gasteiger partial charge in [0, 0.05) is 12.7 Å². The van der Waals surface area contributed by atoms with Crippen LogP contribution >= 0.6 is 0 Å². The second-order valence-corrected chi connectivity index (χ2v) is 7.70. The minimum absolute atomic E-state index is 0.0493. The van der Waals surface area contributed by atoms with E-state index in [2.05, 4.69) is 4.40 Å². The first kappa shape index (κ1) is 16.6. The van der Waals surface area contributed by atoms with Crippen molar-refractivity contribution < 1.29 is 27.4 Å². The Morgan fingerprint density at radius 1 is 1.27 bits per heavy atom. The molecule has 0 radical (unpaired) electrons. The van der Waals surface area contributed by atoms with E-state index in [1.807, 2.05) is 18.2 Å². The van der Waals surface area contributed by atoms with Gasteiger partial charge in [0.25, 0.3) is 10.0 Å². The van der Waals surface area contributed by atoms with Gasteiger partial charge in [-0.2, -0.15) is 0 Å². The summed E-state index contributed by atoms with van der Waals surface area (Å²) in [6, 6.07) is 7.30. The van der Waals surface area contributed by atoms with Crippen LogP contribution in [0.1, 0.15) is 0 Å². The Kier molecular flexibility index (Phi) is 4.15. The molecule has 0 saturated carbocycles. The normalized spacial score (nSPS) is 22.8. The van der Waals surface area contributed by atoms with Crippen LogP contribution in [-0.4, -0.2) is 56.7 Å². The predicted molar refractivity (Wildman–Crippen MR) is 92.5 cm³/mol. The smallest absolute Gasteiger partial charge is 0.339 e. The molecule has 3 aliphatic rings. The predicted octanol–water partition coefficient (Wildman–Crippen LogP) is 0.867. The van der Waals surface area contributed by atoms with Crippen molar-refractivity contribution in [3.63, 3.8) is 0 Å². The second-order valence-electron chi connectivity index (χ2n) is 5.94. The first-order valence-electron chi connectivity index (χ1n) is 8.05.